The quantitative estimate of drug-likeness (QED) is 0.741. The Morgan fingerprint density at radius 3 is 2.65 bits per heavy atom. The van der Waals surface area contributed by atoms with Crippen LogP contribution in [0.2, 0.25) is 5.02 Å². The van der Waals surface area contributed by atoms with Crippen molar-refractivity contribution in [3.05, 3.63) is 28.8 Å². The minimum Gasteiger partial charge on any atom is -0.380 e. The number of hydrogen-bond acceptors (Lipinski definition) is 4. The molecule has 1 aromatic rings. The third kappa shape index (κ3) is 4.43. The molecule has 0 saturated carbocycles. The van der Waals surface area contributed by atoms with E-state index in [1.165, 1.54) is 17.4 Å². The Morgan fingerprint density at radius 2 is 2.10 bits per heavy atom. The van der Waals surface area contributed by atoms with Gasteiger partial charge in [-0.2, -0.15) is 4.31 Å². The van der Waals surface area contributed by atoms with Gasteiger partial charge in [-0.05, 0) is 31.7 Å². The largest absolute Gasteiger partial charge is 0.380 e. The zero-order valence-electron chi connectivity index (χ0n) is 12.0. The summed E-state index contributed by atoms with van der Waals surface area (Å²) in [6.45, 7) is 3.72. The van der Waals surface area contributed by atoms with Crippen LogP contribution < -0.4 is 5.32 Å². The summed E-state index contributed by atoms with van der Waals surface area (Å²) in [5.41, 5.74) is 0.866. The lowest BCUT2D eigenvalue weighted by Crippen LogP contribution is -2.30. The molecule has 0 unspecified atom stereocenters. The topological polar surface area (TPSA) is 58.6 Å². The summed E-state index contributed by atoms with van der Waals surface area (Å²) in [6, 6.07) is 4.79. The fourth-order valence-corrected chi connectivity index (χ4v) is 3.15. The van der Waals surface area contributed by atoms with E-state index in [9.17, 15) is 8.42 Å². The van der Waals surface area contributed by atoms with Crippen molar-refractivity contribution >= 4 is 21.6 Å². The fraction of sp³-hybridized carbons (Fsp3) is 0.538. The Hall–Kier alpha value is -0.660. The second kappa shape index (κ2) is 7.95. The van der Waals surface area contributed by atoms with Crippen LogP contribution in [0.15, 0.2) is 23.1 Å². The summed E-state index contributed by atoms with van der Waals surface area (Å²) < 4.78 is 31.1. The van der Waals surface area contributed by atoms with Crippen LogP contribution in [0.5, 0.6) is 0 Å². The molecule has 0 aromatic heterocycles. The van der Waals surface area contributed by atoms with E-state index >= 15 is 0 Å². The van der Waals surface area contributed by atoms with Crippen LogP contribution in [-0.4, -0.2) is 46.6 Å². The van der Waals surface area contributed by atoms with Crippen LogP contribution in [0.4, 0.5) is 0 Å². The first-order chi connectivity index (χ1) is 9.43. The molecule has 114 valence electrons. The van der Waals surface area contributed by atoms with Gasteiger partial charge in [0, 0.05) is 31.8 Å². The molecule has 0 saturated heterocycles. The van der Waals surface area contributed by atoms with E-state index in [2.05, 4.69) is 5.32 Å². The first kappa shape index (κ1) is 17.4. The monoisotopic (exact) mass is 320 g/mol. The Bertz CT molecular complexity index is 534. The molecule has 0 atom stereocenters. The third-order valence-corrected chi connectivity index (χ3v) is 5.06. The predicted octanol–water partition coefficient (Wildman–Crippen LogP) is 1.72. The molecule has 0 aliphatic rings. The molecule has 0 heterocycles. The zero-order chi connectivity index (χ0) is 15.2. The van der Waals surface area contributed by atoms with Gasteiger partial charge < -0.3 is 10.1 Å². The average molecular weight is 321 g/mol. The number of nitrogens with one attached hydrogen (secondary N) is 1. The zero-order valence-corrected chi connectivity index (χ0v) is 13.6. The molecule has 20 heavy (non-hydrogen) atoms. The van der Waals surface area contributed by atoms with Crippen LogP contribution >= 0.6 is 11.6 Å². The fourth-order valence-electron chi connectivity index (χ4n) is 1.66. The van der Waals surface area contributed by atoms with E-state index in [1.807, 2.05) is 14.0 Å². The highest BCUT2D eigenvalue weighted by molar-refractivity contribution is 7.89. The standard InChI is InChI=1S/C13H21ClN2O3S/c1-4-19-8-7-16(3)20(17,18)12-6-5-11(10-15-2)13(14)9-12/h5-6,9,15H,4,7-8,10H2,1-3H3. The van der Waals surface area contributed by atoms with Gasteiger partial charge in [-0.15, -0.1) is 0 Å². The summed E-state index contributed by atoms with van der Waals surface area (Å²) in [7, 11) is -0.186. The van der Waals surface area contributed by atoms with Gasteiger partial charge in [0.05, 0.1) is 11.5 Å². The minimum absolute atomic E-state index is 0.196. The molecular formula is C13H21ClN2O3S. The molecule has 1 aromatic carbocycles. The van der Waals surface area contributed by atoms with E-state index < -0.39 is 10.0 Å². The number of likely N-dealkylation sites (N-methyl/N-ethyl adjacent to an activating group) is 1. The van der Waals surface area contributed by atoms with Gasteiger partial charge in [-0.1, -0.05) is 17.7 Å². The second-order valence-corrected chi connectivity index (χ2v) is 6.76. The SMILES string of the molecule is CCOCCN(C)S(=O)(=O)c1ccc(CNC)c(Cl)c1. The van der Waals surface area contributed by atoms with E-state index in [0.717, 1.165) is 5.56 Å². The van der Waals surface area contributed by atoms with Crippen molar-refractivity contribution in [1.29, 1.82) is 0 Å². The van der Waals surface area contributed by atoms with Gasteiger partial charge in [0.25, 0.3) is 0 Å². The lowest BCUT2D eigenvalue weighted by Gasteiger charge is -2.17. The van der Waals surface area contributed by atoms with Gasteiger partial charge in [0.15, 0.2) is 0 Å². The van der Waals surface area contributed by atoms with Crippen molar-refractivity contribution in [2.45, 2.75) is 18.4 Å². The highest BCUT2D eigenvalue weighted by atomic mass is 35.5. The Kier molecular flexibility index (Phi) is 6.91. The number of sulfonamides is 1. The molecule has 0 aliphatic heterocycles. The number of hydrogen-bond donors (Lipinski definition) is 1. The van der Waals surface area contributed by atoms with Crippen LogP contribution in [0.1, 0.15) is 12.5 Å². The van der Waals surface area contributed by atoms with Crippen LogP contribution in [-0.2, 0) is 21.3 Å². The maximum absolute atomic E-state index is 12.3. The molecule has 1 rings (SSSR count). The van der Waals surface area contributed by atoms with Gasteiger partial charge in [0.2, 0.25) is 10.0 Å². The van der Waals surface area contributed by atoms with Crippen molar-refractivity contribution in [1.82, 2.24) is 9.62 Å². The van der Waals surface area contributed by atoms with Gasteiger partial charge in [-0.3, -0.25) is 0 Å². The van der Waals surface area contributed by atoms with Crippen LogP contribution in [0.25, 0.3) is 0 Å². The van der Waals surface area contributed by atoms with Gasteiger partial charge in [0.1, 0.15) is 0 Å². The Labute approximate surface area is 125 Å². The normalized spacial score (nSPS) is 12.1. The van der Waals surface area contributed by atoms with Crippen molar-refractivity contribution in [2.24, 2.45) is 0 Å². The molecule has 5 nitrogen and oxygen atoms in total. The van der Waals surface area contributed by atoms with E-state index in [0.29, 0.717) is 31.3 Å². The highest BCUT2D eigenvalue weighted by Gasteiger charge is 2.21. The van der Waals surface area contributed by atoms with E-state index in [-0.39, 0.29) is 4.90 Å². The average Bonchev–Trinajstić information content (AvgIpc) is 2.41. The van der Waals surface area contributed by atoms with Gasteiger partial charge >= 0.3 is 0 Å². The number of benzene rings is 1. The molecule has 0 radical (unpaired) electrons. The summed E-state index contributed by atoms with van der Waals surface area (Å²) in [5, 5.41) is 3.42. The maximum Gasteiger partial charge on any atom is 0.242 e. The molecule has 0 amide bonds. The summed E-state index contributed by atoms with van der Waals surface area (Å²) in [4.78, 5) is 0.196. The number of ether oxygens (including phenoxy) is 1. The number of nitrogens with zero attached hydrogens (tertiary/aromatic N) is 1. The lowest BCUT2D eigenvalue weighted by molar-refractivity contribution is 0.138. The third-order valence-electron chi connectivity index (χ3n) is 2.85. The molecule has 0 bridgehead atoms. The molecule has 7 heteroatoms. The summed E-state index contributed by atoms with van der Waals surface area (Å²) in [6.07, 6.45) is 0. The molecule has 0 fully saturated rings. The predicted molar refractivity (Wildman–Crippen MR) is 80.5 cm³/mol. The van der Waals surface area contributed by atoms with Crippen molar-refractivity contribution < 1.29 is 13.2 Å². The minimum atomic E-state index is -3.53. The molecular weight excluding hydrogens is 300 g/mol. The molecule has 0 aliphatic carbocycles. The first-order valence-electron chi connectivity index (χ1n) is 6.40. The van der Waals surface area contributed by atoms with E-state index in [4.69, 9.17) is 16.3 Å². The Balaban J connectivity index is 2.89. The van der Waals surface area contributed by atoms with Crippen LogP contribution in [0.3, 0.4) is 0 Å². The van der Waals surface area contributed by atoms with Crippen molar-refractivity contribution in [2.75, 3.05) is 33.9 Å². The highest BCUT2D eigenvalue weighted by Crippen LogP contribution is 2.22. The van der Waals surface area contributed by atoms with Crippen molar-refractivity contribution in [3.63, 3.8) is 0 Å². The Morgan fingerprint density at radius 1 is 1.40 bits per heavy atom. The maximum atomic E-state index is 12.3. The van der Waals surface area contributed by atoms with E-state index in [1.54, 1.807) is 12.1 Å². The van der Waals surface area contributed by atoms with Crippen LogP contribution in [0, 0.1) is 0 Å². The smallest absolute Gasteiger partial charge is 0.242 e. The number of halogens is 1. The summed E-state index contributed by atoms with van der Waals surface area (Å²) in [5.74, 6) is 0. The van der Waals surface area contributed by atoms with Gasteiger partial charge in [-0.25, -0.2) is 8.42 Å². The second-order valence-electron chi connectivity index (χ2n) is 4.31. The van der Waals surface area contributed by atoms with Crippen molar-refractivity contribution in [3.8, 4) is 0 Å². The lowest BCUT2D eigenvalue weighted by atomic mass is 10.2. The molecule has 1 N–H and O–H groups in total. The first-order valence-corrected chi connectivity index (χ1v) is 8.22. The summed E-state index contributed by atoms with van der Waals surface area (Å²) >= 11 is 6.10. The number of rotatable bonds is 8. The molecule has 0 spiro atoms.